The van der Waals surface area contributed by atoms with Gasteiger partial charge in [0.05, 0.1) is 5.56 Å². The maximum atomic E-state index is 13.0. The summed E-state index contributed by atoms with van der Waals surface area (Å²) in [7, 11) is 0. The first-order valence-electron chi connectivity index (χ1n) is 10.4. The Balaban J connectivity index is 1.63. The van der Waals surface area contributed by atoms with Crippen molar-refractivity contribution >= 4 is 28.2 Å². The molecule has 156 valence electrons. The van der Waals surface area contributed by atoms with Crippen molar-refractivity contribution in [2.24, 2.45) is 5.92 Å². The van der Waals surface area contributed by atoms with Crippen LogP contribution < -0.4 is 5.32 Å². The summed E-state index contributed by atoms with van der Waals surface area (Å²) in [5.74, 6) is 0.875. The van der Waals surface area contributed by atoms with Crippen LogP contribution in [0.2, 0.25) is 0 Å². The van der Waals surface area contributed by atoms with Crippen LogP contribution in [-0.4, -0.2) is 54.3 Å². The number of anilines is 1. The standard InChI is InChI=1S/C23H31N3O2S/c1-16(2)15-25-10-12-26(13-11-25)23(28)20-9-14-29-22(20)24-21(27)19-7-5-18(6-8-19)17(3)4/h5-9,14,16-17H,10-13,15H2,1-4H3,(H,24,27). The van der Waals surface area contributed by atoms with Crippen LogP contribution in [-0.2, 0) is 0 Å². The molecule has 1 aliphatic heterocycles. The van der Waals surface area contributed by atoms with Crippen molar-refractivity contribution in [1.29, 1.82) is 0 Å². The fraction of sp³-hybridized carbons (Fsp3) is 0.478. The van der Waals surface area contributed by atoms with Crippen molar-refractivity contribution in [2.75, 3.05) is 38.0 Å². The molecular formula is C23H31N3O2S. The number of benzene rings is 1. The SMILES string of the molecule is CC(C)CN1CCN(C(=O)c2ccsc2NC(=O)c2ccc(C(C)C)cc2)CC1. The van der Waals surface area contributed by atoms with Crippen molar-refractivity contribution in [3.8, 4) is 0 Å². The molecule has 5 nitrogen and oxygen atoms in total. The van der Waals surface area contributed by atoms with Crippen LogP contribution >= 0.6 is 11.3 Å². The summed E-state index contributed by atoms with van der Waals surface area (Å²) < 4.78 is 0. The van der Waals surface area contributed by atoms with Crippen molar-refractivity contribution in [3.63, 3.8) is 0 Å². The maximum absolute atomic E-state index is 13.0. The number of hydrogen-bond acceptors (Lipinski definition) is 4. The number of amides is 2. The molecule has 2 heterocycles. The molecular weight excluding hydrogens is 382 g/mol. The number of carbonyl (C=O) groups is 2. The Morgan fingerprint density at radius 2 is 1.66 bits per heavy atom. The van der Waals surface area contributed by atoms with E-state index >= 15 is 0 Å². The first-order chi connectivity index (χ1) is 13.8. The zero-order valence-electron chi connectivity index (χ0n) is 17.8. The Labute approximate surface area is 177 Å². The minimum Gasteiger partial charge on any atom is -0.336 e. The van der Waals surface area contributed by atoms with Gasteiger partial charge in [0.15, 0.2) is 0 Å². The zero-order valence-corrected chi connectivity index (χ0v) is 18.6. The van der Waals surface area contributed by atoms with E-state index in [0.29, 0.717) is 28.0 Å². The van der Waals surface area contributed by atoms with Crippen LogP contribution in [0.5, 0.6) is 0 Å². The van der Waals surface area contributed by atoms with E-state index in [2.05, 4.69) is 37.9 Å². The highest BCUT2D eigenvalue weighted by Crippen LogP contribution is 2.26. The van der Waals surface area contributed by atoms with E-state index in [-0.39, 0.29) is 11.8 Å². The molecule has 29 heavy (non-hydrogen) atoms. The molecule has 6 heteroatoms. The summed E-state index contributed by atoms with van der Waals surface area (Å²) in [5, 5.41) is 5.42. The number of hydrogen-bond donors (Lipinski definition) is 1. The molecule has 1 aromatic heterocycles. The van der Waals surface area contributed by atoms with Gasteiger partial charge in [0.25, 0.3) is 11.8 Å². The van der Waals surface area contributed by atoms with Gasteiger partial charge in [0.1, 0.15) is 5.00 Å². The average Bonchev–Trinajstić information content (AvgIpc) is 3.15. The summed E-state index contributed by atoms with van der Waals surface area (Å²) >= 11 is 1.39. The van der Waals surface area contributed by atoms with E-state index in [1.165, 1.54) is 16.9 Å². The molecule has 0 atom stereocenters. The molecule has 1 saturated heterocycles. The molecule has 1 aliphatic rings. The third kappa shape index (κ3) is 5.46. The highest BCUT2D eigenvalue weighted by atomic mass is 32.1. The molecule has 0 spiro atoms. The predicted octanol–water partition coefficient (Wildman–Crippen LogP) is 4.54. The Morgan fingerprint density at radius 1 is 1.00 bits per heavy atom. The van der Waals surface area contributed by atoms with Gasteiger partial charge < -0.3 is 10.2 Å². The Hall–Kier alpha value is -2.18. The van der Waals surface area contributed by atoms with Crippen LogP contribution in [0.25, 0.3) is 0 Å². The molecule has 3 rings (SSSR count). The molecule has 1 fully saturated rings. The largest absolute Gasteiger partial charge is 0.336 e. The van der Waals surface area contributed by atoms with Gasteiger partial charge in [-0.2, -0.15) is 0 Å². The van der Waals surface area contributed by atoms with E-state index in [9.17, 15) is 9.59 Å². The summed E-state index contributed by atoms with van der Waals surface area (Å²) in [6.45, 7) is 13.0. The number of nitrogens with zero attached hydrogens (tertiary/aromatic N) is 2. The lowest BCUT2D eigenvalue weighted by molar-refractivity contribution is 0.0625. The smallest absolute Gasteiger partial charge is 0.256 e. The van der Waals surface area contributed by atoms with E-state index in [1.807, 2.05) is 40.6 Å². The molecule has 0 radical (unpaired) electrons. The highest BCUT2D eigenvalue weighted by Gasteiger charge is 2.25. The van der Waals surface area contributed by atoms with Crippen molar-refractivity contribution in [1.82, 2.24) is 9.80 Å². The van der Waals surface area contributed by atoms with Gasteiger partial charge >= 0.3 is 0 Å². The summed E-state index contributed by atoms with van der Waals surface area (Å²) in [6, 6.07) is 9.46. The second-order valence-corrected chi connectivity index (χ2v) is 9.30. The normalized spacial score (nSPS) is 15.2. The summed E-state index contributed by atoms with van der Waals surface area (Å²) in [4.78, 5) is 30.0. The summed E-state index contributed by atoms with van der Waals surface area (Å²) in [5.41, 5.74) is 2.38. The van der Waals surface area contributed by atoms with Crippen molar-refractivity contribution in [3.05, 3.63) is 52.4 Å². The van der Waals surface area contributed by atoms with E-state index in [1.54, 1.807) is 0 Å². The zero-order chi connectivity index (χ0) is 21.0. The number of thiophene rings is 1. The van der Waals surface area contributed by atoms with E-state index < -0.39 is 0 Å². The minimum absolute atomic E-state index is 0.000836. The van der Waals surface area contributed by atoms with Gasteiger partial charge in [-0.1, -0.05) is 39.8 Å². The van der Waals surface area contributed by atoms with Gasteiger partial charge in [0.2, 0.25) is 0 Å². The Kier molecular flexibility index (Phi) is 7.09. The lowest BCUT2D eigenvalue weighted by atomic mass is 10.0. The van der Waals surface area contributed by atoms with Crippen LogP contribution in [0, 0.1) is 5.92 Å². The molecule has 0 aliphatic carbocycles. The average molecular weight is 414 g/mol. The first kappa shape index (κ1) is 21.5. The van der Waals surface area contributed by atoms with Gasteiger partial charge in [-0.15, -0.1) is 11.3 Å². The predicted molar refractivity (Wildman–Crippen MR) is 120 cm³/mol. The van der Waals surface area contributed by atoms with Gasteiger partial charge in [-0.3, -0.25) is 14.5 Å². The number of rotatable bonds is 6. The minimum atomic E-state index is -0.182. The summed E-state index contributed by atoms with van der Waals surface area (Å²) in [6.07, 6.45) is 0. The van der Waals surface area contributed by atoms with Gasteiger partial charge in [-0.05, 0) is 41.0 Å². The molecule has 1 aromatic carbocycles. The lowest BCUT2D eigenvalue weighted by Crippen LogP contribution is -2.49. The number of carbonyl (C=O) groups excluding carboxylic acids is 2. The number of piperazine rings is 1. The van der Waals surface area contributed by atoms with Crippen molar-refractivity contribution < 1.29 is 9.59 Å². The number of nitrogens with one attached hydrogen (secondary N) is 1. The van der Waals surface area contributed by atoms with Gasteiger partial charge in [0, 0.05) is 38.3 Å². The van der Waals surface area contributed by atoms with Crippen molar-refractivity contribution in [2.45, 2.75) is 33.6 Å². The topological polar surface area (TPSA) is 52.6 Å². The third-order valence-corrected chi connectivity index (χ3v) is 6.07. The lowest BCUT2D eigenvalue weighted by Gasteiger charge is -2.35. The molecule has 1 N–H and O–H groups in total. The second kappa shape index (κ2) is 9.55. The molecule has 0 bridgehead atoms. The van der Waals surface area contributed by atoms with Gasteiger partial charge in [-0.25, -0.2) is 0 Å². The maximum Gasteiger partial charge on any atom is 0.256 e. The van der Waals surface area contributed by atoms with Crippen LogP contribution in [0.4, 0.5) is 5.00 Å². The molecule has 0 unspecified atom stereocenters. The third-order valence-electron chi connectivity index (χ3n) is 5.25. The molecule has 0 saturated carbocycles. The van der Waals surface area contributed by atoms with E-state index in [0.717, 1.165) is 32.7 Å². The quantitative estimate of drug-likeness (QED) is 0.757. The van der Waals surface area contributed by atoms with Crippen LogP contribution in [0.3, 0.4) is 0 Å². The Morgan fingerprint density at radius 3 is 2.24 bits per heavy atom. The monoisotopic (exact) mass is 413 g/mol. The molecule has 2 aromatic rings. The highest BCUT2D eigenvalue weighted by molar-refractivity contribution is 7.14. The first-order valence-corrected chi connectivity index (χ1v) is 11.2. The fourth-order valence-corrected chi connectivity index (χ4v) is 4.36. The molecule has 2 amide bonds. The van der Waals surface area contributed by atoms with Crippen LogP contribution in [0.15, 0.2) is 35.7 Å². The Bertz CT molecular complexity index is 834. The van der Waals surface area contributed by atoms with E-state index in [4.69, 9.17) is 0 Å². The fourth-order valence-electron chi connectivity index (χ4n) is 3.59. The van der Waals surface area contributed by atoms with Crippen LogP contribution in [0.1, 0.15) is 59.9 Å². The second-order valence-electron chi connectivity index (χ2n) is 8.38.